The summed E-state index contributed by atoms with van der Waals surface area (Å²) >= 11 is 0. The largest absolute Gasteiger partial charge is 0.397 e. The Labute approximate surface area is 98.7 Å². The van der Waals surface area contributed by atoms with Gasteiger partial charge in [-0.15, -0.1) is 0 Å². The Morgan fingerprint density at radius 1 is 1.18 bits per heavy atom. The van der Waals surface area contributed by atoms with E-state index < -0.39 is 0 Å². The van der Waals surface area contributed by atoms with Crippen LogP contribution in [0.2, 0.25) is 0 Å². The summed E-state index contributed by atoms with van der Waals surface area (Å²) in [6, 6.07) is 12.9. The van der Waals surface area contributed by atoms with Gasteiger partial charge in [-0.05, 0) is 12.1 Å². The third kappa shape index (κ3) is 2.26. The molecule has 1 aromatic heterocycles. The molecule has 17 heavy (non-hydrogen) atoms. The molecule has 5 heteroatoms. The topological polar surface area (TPSA) is 101 Å². The summed E-state index contributed by atoms with van der Waals surface area (Å²) in [7, 11) is 0. The van der Waals surface area contributed by atoms with E-state index in [1.165, 1.54) is 6.07 Å². The van der Waals surface area contributed by atoms with Crippen LogP contribution < -0.4 is 16.8 Å². The van der Waals surface area contributed by atoms with E-state index in [2.05, 4.69) is 10.3 Å². The zero-order chi connectivity index (χ0) is 12.3. The number of hydrogen-bond acceptors (Lipinski definition) is 5. The number of nitrogens with zero attached hydrogens (tertiary/aromatic N) is 2. The lowest BCUT2D eigenvalue weighted by molar-refractivity contribution is 1.29. The molecule has 0 saturated carbocycles. The second-order valence-electron chi connectivity index (χ2n) is 3.46. The number of hydrogen-bond donors (Lipinski definition) is 3. The molecule has 0 amide bonds. The Bertz CT molecular complexity index is 571. The number of aromatic nitrogens is 1. The van der Waals surface area contributed by atoms with Crippen LogP contribution in [0.4, 0.5) is 23.0 Å². The fourth-order valence-corrected chi connectivity index (χ4v) is 1.45. The van der Waals surface area contributed by atoms with E-state index in [1.54, 1.807) is 0 Å². The first-order valence-electron chi connectivity index (χ1n) is 4.99. The highest BCUT2D eigenvalue weighted by atomic mass is 15.0. The molecule has 0 bridgehead atoms. The lowest BCUT2D eigenvalue weighted by Gasteiger charge is -2.09. The van der Waals surface area contributed by atoms with Crippen molar-refractivity contribution in [2.24, 2.45) is 0 Å². The normalized spacial score (nSPS) is 9.59. The molecule has 0 fully saturated rings. The van der Waals surface area contributed by atoms with Gasteiger partial charge in [-0.25, -0.2) is 4.98 Å². The van der Waals surface area contributed by atoms with Crippen molar-refractivity contribution in [2.45, 2.75) is 0 Å². The molecule has 84 valence electrons. The monoisotopic (exact) mass is 225 g/mol. The van der Waals surface area contributed by atoms with Crippen molar-refractivity contribution in [1.82, 2.24) is 4.98 Å². The van der Waals surface area contributed by atoms with Gasteiger partial charge in [0.15, 0.2) is 5.82 Å². The zero-order valence-electron chi connectivity index (χ0n) is 9.01. The molecule has 0 radical (unpaired) electrons. The van der Waals surface area contributed by atoms with Gasteiger partial charge >= 0.3 is 0 Å². The lowest BCUT2D eigenvalue weighted by Crippen LogP contribution is -2.03. The number of benzene rings is 1. The van der Waals surface area contributed by atoms with Gasteiger partial charge in [0.2, 0.25) is 0 Å². The minimum Gasteiger partial charge on any atom is -0.397 e. The van der Waals surface area contributed by atoms with Crippen molar-refractivity contribution in [1.29, 1.82) is 5.26 Å². The number of nitrogens with one attached hydrogen (secondary N) is 1. The van der Waals surface area contributed by atoms with Gasteiger partial charge in [-0.3, -0.25) is 0 Å². The van der Waals surface area contributed by atoms with Crippen LogP contribution in [-0.4, -0.2) is 4.98 Å². The summed E-state index contributed by atoms with van der Waals surface area (Å²) in [5.74, 6) is 0.649. The predicted octanol–water partition coefficient (Wildman–Crippen LogP) is 1.86. The van der Waals surface area contributed by atoms with E-state index >= 15 is 0 Å². The maximum absolute atomic E-state index is 9.02. The second kappa shape index (κ2) is 4.41. The fourth-order valence-electron chi connectivity index (χ4n) is 1.45. The van der Waals surface area contributed by atoms with Crippen LogP contribution in [0.3, 0.4) is 0 Å². The van der Waals surface area contributed by atoms with Gasteiger partial charge in [0, 0.05) is 11.8 Å². The van der Waals surface area contributed by atoms with Crippen LogP contribution in [0.1, 0.15) is 5.56 Å². The Kier molecular flexibility index (Phi) is 2.79. The third-order valence-electron chi connectivity index (χ3n) is 2.22. The second-order valence-corrected chi connectivity index (χ2v) is 3.46. The van der Waals surface area contributed by atoms with Gasteiger partial charge in [-0.1, -0.05) is 18.2 Å². The van der Waals surface area contributed by atoms with E-state index in [4.69, 9.17) is 16.7 Å². The maximum Gasteiger partial charge on any atom is 0.152 e. The quantitative estimate of drug-likeness (QED) is 0.724. The number of nitrogen functional groups attached to an aromatic ring is 2. The van der Waals surface area contributed by atoms with Gasteiger partial charge in [0.1, 0.15) is 17.5 Å². The molecular weight excluding hydrogens is 214 g/mol. The zero-order valence-corrected chi connectivity index (χ0v) is 9.01. The number of pyridine rings is 1. The standard InChI is InChI=1S/C12H11N5/c13-7-9-10(14)6-11(15)17-12(9)16-8-4-2-1-3-5-8/h1-6H,(H5,14,15,16,17). The molecule has 0 aliphatic heterocycles. The van der Waals surface area contributed by atoms with Gasteiger partial charge in [-0.2, -0.15) is 5.26 Å². The molecule has 0 aliphatic rings. The molecule has 1 heterocycles. The fraction of sp³-hybridized carbons (Fsp3) is 0. The van der Waals surface area contributed by atoms with E-state index in [-0.39, 0.29) is 5.82 Å². The van der Waals surface area contributed by atoms with Crippen LogP contribution in [0.15, 0.2) is 36.4 Å². The number of rotatable bonds is 2. The van der Waals surface area contributed by atoms with Crippen molar-refractivity contribution in [2.75, 3.05) is 16.8 Å². The highest BCUT2D eigenvalue weighted by molar-refractivity contribution is 5.73. The van der Waals surface area contributed by atoms with Crippen LogP contribution in [0.25, 0.3) is 0 Å². The average Bonchev–Trinajstić information content (AvgIpc) is 2.30. The van der Waals surface area contributed by atoms with Crippen LogP contribution in [-0.2, 0) is 0 Å². The van der Waals surface area contributed by atoms with Crippen LogP contribution in [0, 0.1) is 11.3 Å². The highest BCUT2D eigenvalue weighted by Crippen LogP contribution is 2.24. The van der Waals surface area contributed by atoms with Crippen molar-refractivity contribution in [3.63, 3.8) is 0 Å². The molecule has 5 nitrogen and oxygen atoms in total. The van der Waals surface area contributed by atoms with E-state index in [9.17, 15) is 0 Å². The van der Waals surface area contributed by atoms with Crippen molar-refractivity contribution < 1.29 is 0 Å². The SMILES string of the molecule is N#Cc1c(N)cc(N)nc1Nc1ccccc1. The highest BCUT2D eigenvalue weighted by Gasteiger charge is 2.09. The van der Waals surface area contributed by atoms with E-state index in [0.29, 0.717) is 17.1 Å². The summed E-state index contributed by atoms with van der Waals surface area (Å²) in [4.78, 5) is 4.06. The predicted molar refractivity (Wildman–Crippen MR) is 67.5 cm³/mol. The molecular formula is C12H11N5. The van der Waals surface area contributed by atoms with Crippen molar-refractivity contribution in [3.05, 3.63) is 42.0 Å². The number of anilines is 4. The Hall–Kier alpha value is -2.74. The summed E-state index contributed by atoms with van der Waals surface area (Å²) in [5.41, 5.74) is 12.7. The minimum absolute atomic E-state index is 0.278. The van der Waals surface area contributed by atoms with Crippen molar-refractivity contribution in [3.8, 4) is 6.07 Å². The first-order chi connectivity index (χ1) is 8.20. The first kappa shape index (κ1) is 10.8. The molecule has 1 aromatic carbocycles. The maximum atomic E-state index is 9.02. The number of nitrogens with two attached hydrogens (primary N) is 2. The molecule has 2 aromatic rings. The van der Waals surface area contributed by atoms with E-state index in [1.807, 2.05) is 36.4 Å². The number of para-hydroxylation sites is 1. The molecule has 0 spiro atoms. The van der Waals surface area contributed by atoms with Gasteiger partial charge < -0.3 is 16.8 Å². The summed E-state index contributed by atoms with van der Waals surface area (Å²) < 4.78 is 0. The van der Waals surface area contributed by atoms with E-state index in [0.717, 1.165) is 5.69 Å². The molecule has 0 saturated heterocycles. The molecule has 0 aliphatic carbocycles. The Balaban J connectivity index is 2.43. The Morgan fingerprint density at radius 3 is 2.53 bits per heavy atom. The summed E-state index contributed by atoms with van der Waals surface area (Å²) in [6.07, 6.45) is 0. The first-order valence-corrected chi connectivity index (χ1v) is 4.99. The van der Waals surface area contributed by atoms with Gasteiger partial charge in [0.25, 0.3) is 0 Å². The molecule has 2 rings (SSSR count). The van der Waals surface area contributed by atoms with Crippen LogP contribution >= 0.6 is 0 Å². The van der Waals surface area contributed by atoms with Crippen LogP contribution in [0.5, 0.6) is 0 Å². The lowest BCUT2D eigenvalue weighted by atomic mass is 10.2. The average molecular weight is 225 g/mol. The van der Waals surface area contributed by atoms with Gasteiger partial charge in [0.05, 0.1) is 5.69 Å². The summed E-state index contributed by atoms with van der Waals surface area (Å²) in [5, 5.41) is 12.0. The molecule has 0 unspecified atom stereocenters. The Morgan fingerprint density at radius 2 is 1.88 bits per heavy atom. The summed E-state index contributed by atoms with van der Waals surface area (Å²) in [6.45, 7) is 0. The van der Waals surface area contributed by atoms with Crippen molar-refractivity contribution >= 4 is 23.0 Å². The molecule has 5 N–H and O–H groups in total. The smallest absolute Gasteiger partial charge is 0.152 e. The number of nitriles is 1. The minimum atomic E-state index is 0.278. The third-order valence-corrected chi connectivity index (χ3v) is 2.22. The molecule has 0 atom stereocenters.